The maximum Gasteiger partial charge on any atom is 0.435 e. The van der Waals surface area contributed by atoms with Gasteiger partial charge in [-0.05, 0) is 42.5 Å². The molecule has 2 N–H and O–H groups in total. The van der Waals surface area contributed by atoms with E-state index in [1.54, 1.807) is 46.3 Å². The number of hydrogen-bond acceptors (Lipinski definition) is 6. The van der Waals surface area contributed by atoms with Gasteiger partial charge in [-0.2, -0.15) is 23.4 Å². The number of aromatic nitrogens is 5. The number of nitrogens with one attached hydrogen (secondary N) is 2. The van der Waals surface area contributed by atoms with Crippen LogP contribution in [0.5, 0.6) is 0 Å². The summed E-state index contributed by atoms with van der Waals surface area (Å²) in [4.78, 5) is 46.1. The molecule has 6 rings (SSSR count). The first-order valence-corrected chi connectivity index (χ1v) is 13.6. The second-order valence-electron chi connectivity index (χ2n) is 10.1. The lowest BCUT2D eigenvalue weighted by atomic mass is 10.1. The average molecular weight is 603 g/mol. The van der Waals surface area contributed by atoms with Crippen LogP contribution in [0.1, 0.15) is 26.5 Å². The molecule has 3 aromatic heterocycles. The summed E-state index contributed by atoms with van der Waals surface area (Å²) in [6.07, 6.45) is -1.91. The van der Waals surface area contributed by atoms with E-state index in [2.05, 4.69) is 25.6 Å². The van der Waals surface area contributed by atoms with Crippen LogP contribution in [0.25, 0.3) is 22.2 Å². The molecule has 3 amide bonds. The SMILES string of the molecule is O=C(Nc1ccc2nn(CC(=O)N3CCN(C(=O)c4ccccc4)CC3)cc2c1)c1cccc(-c2c[nH]nc2C(F)(F)F)n1. The molecule has 4 heterocycles. The normalized spacial score (nSPS) is 13.7. The van der Waals surface area contributed by atoms with Gasteiger partial charge in [0.1, 0.15) is 12.2 Å². The average Bonchev–Trinajstić information content (AvgIpc) is 3.69. The van der Waals surface area contributed by atoms with E-state index in [9.17, 15) is 27.6 Å². The van der Waals surface area contributed by atoms with Gasteiger partial charge in [0.05, 0.1) is 16.8 Å². The molecule has 224 valence electrons. The van der Waals surface area contributed by atoms with E-state index < -0.39 is 17.8 Å². The van der Waals surface area contributed by atoms with Crippen LogP contribution in [0.3, 0.4) is 0 Å². The number of anilines is 1. The number of amides is 3. The van der Waals surface area contributed by atoms with Crippen LogP contribution in [0.2, 0.25) is 0 Å². The van der Waals surface area contributed by atoms with Gasteiger partial charge in [0.2, 0.25) is 5.91 Å². The van der Waals surface area contributed by atoms with Crippen molar-refractivity contribution in [1.82, 2.24) is 34.8 Å². The number of alkyl halides is 3. The minimum atomic E-state index is -4.68. The molecular formula is C30H25F3N8O3. The molecule has 1 aliphatic heterocycles. The van der Waals surface area contributed by atoms with Crippen LogP contribution >= 0.6 is 0 Å². The Labute approximate surface area is 248 Å². The minimum Gasteiger partial charge on any atom is -0.338 e. The quantitative estimate of drug-likeness (QED) is 0.302. The number of piperazine rings is 1. The van der Waals surface area contributed by atoms with Crippen molar-refractivity contribution in [3.63, 3.8) is 0 Å². The van der Waals surface area contributed by atoms with Crippen LogP contribution in [-0.2, 0) is 17.5 Å². The molecule has 44 heavy (non-hydrogen) atoms. The number of carbonyl (C=O) groups excluding carboxylic acids is 3. The summed E-state index contributed by atoms with van der Waals surface area (Å²) in [6, 6.07) is 18.2. The predicted octanol–water partition coefficient (Wildman–Crippen LogP) is 4.08. The molecular weight excluding hydrogens is 577 g/mol. The van der Waals surface area contributed by atoms with Crippen molar-refractivity contribution in [3.8, 4) is 11.3 Å². The molecule has 0 aliphatic carbocycles. The van der Waals surface area contributed by atoms with Crippen molar-refractivity contribution < 1.29 is 27.6 Å². The first kappa shape index (κ1) is 28.6. The summed E-state index contributed by atoms with van der Waals surface area (Å²) in [5.41, 5.74) is 0.118. The third kappa shape index (κ3) is 6.00. The molecule has 0 spiro atoms. The van der Waals surface area contributed by atoms with Crippen molar-refractivity contribution in [2.75, 3.05) is 31.5 Å². The van der Waals surface area contributed by atoms with E-state index in [4.69, 9.17) is 0 Å². The van der Waals surface area contributed by atoms with Gasteiger partial charge >= 0.3 is 6.18 Å². The van der Waals surface area contributed by atoms with Crippen molar-refractivity contribution in [2.24, 2.45) is 0 Å². The monoisotopic (exact) mass is 602 g/mol. The number of carbonyl (C=O) groups is 3. The lowest BCUT2D eigenvalue weighted by molar-refractivity contribution is -0.140. The third-order valence-corrected chi connectivity index (χ3v) is 7.21. The molecule has 0 radical (unpaired) electrons. The third-order valence-electron chi connectivity index (χ3n) is 7.21. The Morgan fingerprint density at radius 1 is 0.909 bits per heavy atom. The second kappa shape index (κ2) is 11.6. The van der Waals surface area contributed by atoms with E-state index >= 15 is 0 Å². The molecule has 5 aromatic rings. The van der Waals surface area contributed by atoms with Gasteiger partial charge < -0.3 is 15.1 Å². The molecule has 14 heteroatoms. The highest BCUT2D eigenvalue weighted by atomic mass is 19.4. The summed E-state index contributed by atoms with van der Waals surface area (Å²) in [5, 5.41) is 13.3. The lowest BCUT2D eigenvalue weighted by Gasteiger charge is -2.34. The van der Waals surface area contributed by atoms with E-state index in [1.165, 1.54) is 22.9 Å². The van der Waals surface area contributed by atoms with E-state index in [1.807, 2.05) is 18.2 Å². The molecule has 1 saturated heterocycles. The zero-order chi connectivity index (χ0) is 30.8. The predicted molar refractivity (Wildman–Crippen MR) is 153 cm³/mol. The zero-order valence-electron chi connectivity index (χ0n) is 23.1. The standard InChI is InChI=1S/C30H25F3N8O3/c31-30(32,33)27-22(16-34-37-27)24-7-4-8-25(36-24)28(43)35-21-9-10-23-20(15-21)17-41(38-23)18-26(42)39-11-13-40(14-12-39)29(44)19-5-2-1-3-6-19/h1-10,15-17H,11-14,18H2,(H,34,37)(H,35,43). The van der Waals surface area contributed by atoms with Gasteiger partial charge in [-0.1, -0.05) is 24.3 Å². The summed E-state index contributed by atoms with van der Waals surface area (Å²) in [6.45, 7) is 1.72. The van der Waals surface area contributed by atoms with Gasteiger partial charge in [-0.15, -0.1) is 0 Å². The Kier molecular flexibility index (Phi) is 7.55. The molecule has 11 nitrogen and oxygen atoms in total. The van der Waals surface area contributed by atoms with Crippen molar-refractivity contribution in [2.45, 2.75) is 12.7 Å². The number of aromatic amines is 1. The molecule has 0 bridgehead atoms. The van der Waals surface area contributed by atoms with Crippen molar-refractivity contribution in [1.29, 1.82) is 0 Å². The fraction of sp³-hybridized carbons (Fsp3) is 0.200. The number of benzene rings is 2. The summed E-state index contributed by atoms with van der Waals surface area (Å²) in [7, 11) is 0. The first-order chi connectivity index (χ1) is 21.2. The van der Waals surface area contributed by atoms with Crippen LogP contribution in [0.15, 0.2) is 79.1 Å². The second-order valence-corrected chi connectivity index (χ2v) is 10.1. The maximum absolute atomic E-state index is 13.3. The highest BCUT2D eigenvalue weighted by Crippen LogP contribution is 2.34. The number of fused-ring (bicyclic) bond motifs is 1. The molecule has 1 fully saturated rings. The van der Waals surface area contributed by atoms with Gasteiger partial charge in [-0.25, -0.2) is 4.98 Å². The van der Waals surface area contributed by atoms with E-state index in [0.717, 1.165) is 6.20 Å². The van der Waals surface area contributed by atoms with Crippen LogP contribution < -0.4 is 5.32 Å². The Balaban J connectivity index is 1.08. The number of rotatable bonds is 6. The highest BCUT2D eigenvalue weighted by molar-refractivity contribution is 6.04. The van der Waals surface area contributed by atoms with Gasteiger partial charge in [0.15, 0.2) is 5.69 Å². The summed E-state index contributed by atoms with van der Waals surface area (Å²) >= 11 is 0. The Morgan fingerprint density at radius 2 is 1.66 bits per heavy atom. The molecule has 0 saturated carbocycles. The smallest absolute Gasteiger partial charge is 0.338 e. The van der Waals surface area contributed by atoms with Crippen molar-refractivity contribution >= 4 is 34.3 Å². The summed E-state index contributed by atoms with van der Waals surface area (Å²) in [5.74, 6) is -0.804. The van der Waals surface area contributed by atoms with Gasteiger partial charge in [0, 0.05) is 55.2 Å². The maximum atomic E-state index is 13.3. The number of nitrogens with zero attached hydrogens (tertiary/aromatic N) is 6. The topological polar surface area (TPSA) is 129 Å². The number of hydrogen-bond donors (Lipinski definition) is 2. The fourth-order valence-corrected chi connectivity index (χ4v) is 5.00. The fourth-order valence-electron chi connectivity index (χ4n) is 5.00. The Hall–Kier alpha value is -5.53. The number of halogens is 3. The number of H-pyrrole nitrogens is 1. The number of pyridine rings is 1. The lowest BCUT2D eigenvalue weighted by Crippen LogP contribution is -2.51. The zero-order valence-corrected chi connectivity index (χ0v) is 23.1. The Bertz CT molecular complexity index is 1840. The van der Waals surface area contributed by atoms with Crippen LogP contribution in [0, 0.1) is 0 Å². The Morgan fingerprint density at radius 3 is 2.41 bits per heavy atom. The van der Waals surface area contributed by atoms with Crippen molar-refractivity contribution in [3.05, 3.63) is 96.1 Å². The molecule has 1 aliphatic rings. The van der Waals surface area contributed by atoms with Gasteiger partial charge in [0.25, 0.3) is 11.8 Å². The highest BCUT2D eigenvalue weighted by Gasteiger charge is 2.37. The van der Waals surface area contributed by atoms with Gasteiger partial charge in [-0.3, -0.25) is 24.2 Å². The van der Waals surface area contributed by atoms with E-state index in [-0.39, 0.29) is 35.3 Å². The first-order valence-electron chi connectivity index (χ1n) is 13.6. The largest absolute Gasteiger partial charge is 0.435 e. The minimum absolute atomic E-state index is 0.00758. The van der Waals surface area contributed by atoms with Crippen LogP contribution in [-0.4, -0.2) is 78.7 Å². The van der Waals surface area contributed by atoms with E-state index in [0.29, 0.717) is 48.3 Å². The van der Waals surface area contributed by atoms with Crippen LogP contribution in [0.4, 0.5) is 18.9 Å². The summed E-state index contributed by atoms with van der Waals surface area (Å²) < 4.78 is 41.3. The molecule has 2 aromatic carbocycles. The molecule has 0 unspecified atom stereocenters. The molecule has 0 atom stereocenters.